The molecule has 4 nitrogen and oxygen atoms in total. The van der Waals surface area contributed by atoms with Gasteiger partial charge in [0.1, 0.15) is 5.82 Å². The summed E-state index contributed by atoms with van der Waals surface area (Å²) in [5.41, 5.74) is 1.35. The van der Waals surface area contributed by atoms with Crippen LogP contribution in [0.3, 0.4) is 0 Å². The Balaban J connectivity index is 1.78. The first-order valence-electron chi connectivity index (χ1n) is 7.98. The number of amides is 1. The molecule has 2 aromatic rings. The van der Waals surface area contributed by atoms with Gasteiger partial charge in [0.15, 0.2) is 5.89 Å². The van der Waals surface area contributed by atoms with E-state index in [1.807, 2.05) is 6.07 Å². The first-order valence-corrected chi connectivity index (χ1v) is 7.98. The third-order valence-electron chi connectivity index (χ3n) is 4.69. The number of nitrogens with one attached hydrogen (secondary N) is 1. The molecule has 0 unspecified atom stereocenters. The zero-order valence-corrected chi connectivity index (χ0v) is 13.5. The lowest BCUT2D eigenvalue weighted by Gasteiger charge is -2.30. The molecule has 1 saturated carbocycles. The van der Waals surface area contributed by atoms with Crippen molar-refractivity contribution in [2.24, 2.45) is 0 Å². The number of rotatable bonds is 4. The number of nitrogens with zero attached hydrogens (tertiary/aromatic N) is 1. The standard InChI is InChI=1S/C18H21FN2O2/c1-12-16(23-13(2)21-12)17(22)20-11-18(8-3-4-9-18)14-6-5-7-15(19)10-14/h5-7,10H,3-4,8-9,11H2,1-2H3,(H,20,22). The molecule has 1 aromatic heterocycles. The quantitative estimate of drug-likeness (QED) is 0.936. The molecule has 1 aliphatic rings. The van der Waals surface area contributed by atoms with Gasteiger partial charge in [-0.3, -0.25) is 4.79 Å². The van der Waals surface area contributed by atoms with Crippen molar-refractivity contribution in [2.45, 2.75) is 44.9 Å². The second-order valence-electron chi connectivity index (χ2n) is 6.33. The minimum absolute atomic E-state index is 0.194. The Morgan fingerprint density at radius 1 is 1.35 bits per heavy atom. The van der Waals surface area contributed by atoms with Crippen LogP contribution >= 0.6 is 0 Å². The molecular formula is C18H21FN2O2. The Labute approximate surface area is 135 Å². The summed E-state index contributed by atoms with van der Waals surface area (Å²) in [7, 11) is 0. The maximum Gasteiger partial charge on any atom is 0.289 e. The number of aromatic nitrogens is 1. The average Bonchev–Trinajstić information content (AvgIpc) is 3.12. The number of aryl methyl sites for hydroxylation is 2. The van der Waals surface area contributed by atoms with Crippen molar-refractivity contribution in [3.05, 3.63) is 53.0 Å². The fourth-order valence-corrected chi connectivity index (χ4v) is 3.51. The van der Waals surface area contributed by atoms with Gasteiger partial charge in [0.05, 0.1) is 5.69 Å². The van der Waals surface area contributed by atoms with Gasteiger partial charge >= 0.3 is 0 Å². The Morgan fingerprint density at radius 3 is 2.70 bits per heavy atom. The fraction of sp³-hybridized carbons (Fsp3) is 0.444. The Kier molecular flexibility index (Phi) is 4.20. The zero-order chi connectivity index (χ0) is 16.4. The average molecular weight is 316 g/mol. The molecule has 3 rings (SSSR count). The van der Waals surface area contributed by atoms with Crippen LogP contribution in [0.4, 0.5) is 4.39 Å². The number of hydrogen-bond donors (Lipinski definition) is 1. The first-order chi connectivity index (χ1) is 11.0. The van der Waals surface area contributed by atoms with Crippen molar-refractivity contribution in [1.82, 2.24) is 10.3 Å². The summed E-state index contributed by atoms with van der Waals surface area (Å²) < 4.78 is 19.0. The van der Waals surface area contributed by atoms with Gasteiger partial charge in [-0.1, -0.05) is 25.0 Å². The summed E-state index contributed by atoms with van der Waals surface area (Å²) in [4.78, 5) is 16.5. The van der Waals surface area contributed by atoms with Crippen LogP contribution < -0.4 is 5.32 Å². The zero-order valence-electron chi connectivity index (χ0n) is 13.5. The third-order valence-corrected chi connectivity index (χ3v) is 4.69. The molecule has 122 valence electrons. The molecule has 1 aliphatic carbocycles. The van der Waals surface area contributed by atoms with Crippen LogP contribution in [-0.4, -0.2) is 17.4 Å². The highest BCUT2D eigenvalue weighted by molar-refractivity contribution is 5.92. The van der Waals surface area contributed by atoms with Gasteiger partial charge in [0, 0.05) is 18.9 Å². The molecule has 5 heteroatoms. The molecule has 1 N–H and O–H groups in total. The van der Waals surface area contributed by atoms with Gasteiger partial charge in [-0.15, -0.1) is 0 Å². The summed E-state index contributed by atoms with van der Waals surface area (Å²) in [6.07, 6.45) is 4.08. The van der Waals surface area contributed by atoms with Gasteiger partial charge < -0.3 is 9.73 Å². The van der Waals surface area contributed by atoms with Gasteiger partial charge in [0.2, 0.25) is 5.76 Å². The lowest BCUT2D eigenvalue weighted by molar-refractivity contribution is 0.0913. The van der Waals surface area contributed by atoms with E-state index < -0.39 is 0 Å². The van der Waals surface area contributed by atoms with E-state index >= 15 is 0 Å². The second kappa shape index (κ2) is 6.14. The SMILES string of the molecule is Cc1nc(C)c(C(=O)NCC2(c3cccc(F)c3)CCCC2)o1. The third kappa shape index (κ3) is 3.14. The highest BCUT2D eigenvalue weighted by Crippen LogP contribution is 2.40. The molecule has 0 saturated heterocycles. The number of hydrogen-bond acceptors (Lipinski definition) is 3. The first kappa shape index (κ1) is 15.7. The maximum atomic E-state index is 13.6. The van der Waals surface area contributed by atoms with Crippen LogP contribution in [0.2, 0.25) is 0 Å². The molecule has 0 aliphatic heterocycles. The minimum Gasteiger partial charge on any atom is -0.436 e. The predicted molar refractivity (Wildman–Crippen MR) is 84.9 cm³/mol. The van der Waals surface area contributed by atoms with Crippen molar-refractivity contribution in [3.63, 3.8) is 0 Å². The maximum absolute atomic E-state index is 13.6. The predicted octanol–water partition coefficient (Wildman–Crippen LogP) is 3.67. The largest absolute Gasteiger partial charge is 0.436 e. The van der Waals surface area contributed by atoms with Crippen LogP contribution in [0.5, 0.6) is 0 Å². The Bertz CT molecular complexity index is 718. The van der Waals surface area contributed by atoms with Crippen LogP contribution in [0.1, 0.15) is 53.4 Å². The molecule has 0 bridgehead atoms. The highest BCUT2D eigenvalue weighted by atomic mass is 19.1. The minimum atomic E-state index is -0.259. The topological polar surface area (TPSA) is 55.1 Å². The van der Waals surface area contributed by atoms with Crippen molar-refractivity contribution in [3.8, 4) is 0 Å². The molecule has 0 atom stereocenters. The van der Waals surface area contributed by atoms with Gasteiger partial charge in [-0.2, -0.15) is 0 Å². The lowest BCUT2D eigenvalue weighted by atomic mass is 9.78. The van der Waals surface area contributed by atoms with Gasteiger partial charge in [-0.25, -0.2) is 9.37 Å². The summed E-state index contributed by atoms with van der Waals surface area (Å²) in [6.45, 7) is 3.95. The summed E-state index contributed by atoms with van der Waals surface area (Å²) in [5, 5.41) is 2.96. The number of halogens is 1. The van der Waals surface area contributed by atoms with E-state index in [0.29, 0.717) is 18.1 Å². The van der Waals surface area contributed by atoms with Crippen LogP contribution in [0.15, 0.2) is 28.7 Å². The van der Waals surface area contributed by atoms with E-state index in [-0.39, 0.29) is 22.9 Å². The summed E-state index contributed by atoms with van der Waals surface area (Å²) in [6, 6.07) is 6.72. The van der Waals surface area contributed by atoms with Crippen molar-refractivity contribution < 1.29 is 13.6 Å². The summed E-state index contributed by atoms with van der Waals surface area (Å²) >= 11 is 0. The molecule has 0 spiro atoms. The van der Waals surface area contributed by atoms with Crippen LogP contribution in [-0.2, 0) is 5.41 Å². The van der Waals surface area contributed by atoms with Crippen LogP contribution in [0.25, 0.3) is 0 Å². The van der Waals surface area contributed by atoms with E-state index in [0.717, 1.165) is 31.2 Å². The lowest BCUT2D eigenvalue weighted by Crippen LogP contribution is -2.39. The fourth-order valence-electron chi connectivity index (χ4n) is 3.51. The monoisotopic (exact) mass is 316 g/mol. The normalized spacial score (nSPS) is 16.5. The van der Waals surface area contributed by atoms with Crippen molar-refractivity contribution in [1.29, 1.82) is 0 Å². The second-order valence-corrected chi connectivity index (χ2v) is 6.33. The molecule has 23 heavy (non-hydrogen) atoms. The molecule has 1 amide bonds. The van der Waals surface area contributed by atoms with Gasteiger partial charge in [0.25, 0.3) is 5.91 Å². The number of oxazole rings is 1. The Hall–Kier alpha value is -2.17. The smallest absolute Gasteiger partial charge is 0.289 e. The molecule has 1 aromatic carbocycles. The van der Waals surface area contributed by atoms with Crippen molar-refractivity contribution in [2.75, 3.05) is 6.54 Å². The van der Waals surface area contributed by atoms with E-state index in [1.165, 1.54) is 6.07 Å². The van der Waals surface area contributed by atoms with E-state index in [1.54, 1.807) is 26.0 Å². The highest BCUT2D eigenvalue weighted by Gasteiger charge is 2.36. The van der Waals surface area contributed by atoms with Crippen LogP contribution in [0, 0.1) is 19.7 Å². The number of carbonyl (C=O) groups is 1. The molecule has 1 heterocycles. The molecule has 0 radical (unpaired) electrons. The van der Waals surface area contributed by atoms with E-state index in [2.05, 4.69) is 10.3 Å². The Morgan fingerprint density at radius 2 is 2.09 bits per heavy atom. The van der Waals surface area contributed by atoms with Gasteiger partial charge in [-0.05, 0) is 37.5 Å². The number of carbonyl (C=O) groups excluding carboxylic acids is 1. The van der Waals surface area contributed by atoms with E-state index in [4.69, 9.17) is 4.42 Å². The molecular weight excluding hydrogens is 295 g/mol. The summed E-state index contributed by atoms with van der Waals surface area (Å²) in [5.74, 6) is 0.246. The molecule has 1 fully saturated rings. The number of benzene rings is 1. The van der Waals surface area contributed by atoms with Crippen molar-refractivity contribution >= 4 is 5.91 Å². The van der Waals surface area contributed by atoms with E-state index in [9.17, 15) is 9.18 Å².